The van der Waals surface area contributed by atoms with Crippen molar-refractivity contribution in [2.45, 2.75) is 13.8 Å². The third-order valence-electron chi connectivity index (χ3n) is 4.76. The zero-order valence-corrected chi connectivity index (χ0v) is 16.3. The fourth-order valence-corrected chi connectivity index (χ4v) is 3.32. The van der Waals surface area contributed by atoms with Gasteiger partial charge in [-0.25, -0.2) is 4.98 Å². The molecule has 0 spiro atoms. The maximum Gasteiger partial charge on any atom is 0.229 e. The van der Waals surface area contributed by atoms with Crippen LogP contribution in [0.1, 0.15) is 11.3 Å². The quantitative estimate of drug-likeness (QED) is 0.688. The topological polar surface area (TPSA) is 62.3 Å². The first-order valence-electron chi connectivity index (χ1n) is 9.56. The Labute approximate surface area is 165 Å². The molecule has 4 rings (SSSR count). The zero-order valence-electron chi connectivity index (χ0n) is 16.3. The lowest BCUT2D eigenvalue weighted by atomic mass is 10.2. The normalized spacial score (nSPS) is 14.0. The zero-order chi connectivity index (χ0) is 19.3. The Bertz CT molecular complexity index is 953. The molecule has 6 heteroatoms. The van der Waals surface area contributed by atoms with E-state index in [0.717, 1.165) is 54.9 Å². The van der Waals surface area contributed by atoms with E-state index < -0.39 is 0 Å². The number of nitrogens with one attached hydrogen (secondary N) is 2. The van der Waals surface area contributed by atoms with Gasteiger partial charge in [0.25, 0.3) is 0 Å². The molecule has 144 valence electrons. The van der Waals surface area contributed by atoms with E-state index in [4.69, 9.17) is 4.74 Å². The van der Waals surface area contributed by atoms with Crippen molar-refractivity contribution in [3.63, 3.8) is 0 Å². The third kappa shape index (κ3) is 4.23. The van der Waals surface area contributed by atoms with Crippen LogP contribution < -0.4 is 15.5 Å². The monoisotopic (exact) mass is 375 g/mol. The maximum absolute atomic E-state index is 5.48. The summed E-state index contributed by atoms with van der Waals surface area (Å²) in [6.07, 6.45) is 0. The molecule has 0 atom stereocenters. The summed E-state index contributed by atoms with van der Waals surface area (Å²) in [5, 5.41) is 6.81. The Kier molecular flexibility index (Phi) is 5.39. The summed E-state index contributed by atoms with van der Waals surface area (Å²) in [5.74, 6) is 1.35. The van der Waals surface area contributed by atoms with Gasteiger partial charge in [-0.1, -0.05) is 30.3 Å². The Balaban J connectivity index is 1.59. The largest absolute Gasteiger partial charge is 0.378 e. The maximum atomic E-state index is 5.48. The van der Waals surface area contributed by atoms with Crippen LogP contribution in [0.3, 0.4) is 0 Å². The van der Waals surface area contributed by atoms with Crippen molar-refractivity contribution < 1.29 is 4.74 Å². The van der Waals surface area contributed by atoms with Crippen LogP contribution in [0.25, 0.3) is 0 Å². The summed E-state index contributed by atoms with van der Waals surface area (Å²) in [5.41, 5.74) is 5.25. The van der Waals surface area contributed by atoms with E-state index in [1.54, 1.807) is 0 Å². The molecule has 6 nitrogen and oxygen atoms in total. The van der Waals surface area contributed by atoms with Crippen LogP contribution in [0.15, 0.2) is 54.6 Å². The summed E-state index contributed by atoms with van der Waals surface area (Å²) < 4.78 is 5.48. The lowest BCUT2D eigenvalue weighted by Crippen LogP contribution is -2.36. The lowest BCUT2D eigenvalue weighted by Gasteiger charge is -2.30. The smallest absolute Gasteiger partial charge is 0.229 e. The molecular formula is C22H25N5O. The molecule has 1 aliphatic rings. The minimum atomic E-state index is 0.580. The Morgan fingerprint density at radius 3 is 2.36 bits per heavy atom. The number of hydrogen-bond acceptors (Lipinski definition) is 6. The van der Waals surface area contributed by atoms with Gasteiger partial charge in [0.15, 0.2) is 0 Å². The highest BCUT2D eigenvalue weighted by Gasteiger charge is 2.15. The van der Waals surface area contributed by atoms with Gasteiger partial charge in [-0.05, 0) is 37.6 Å². The molecule has 1 aliphatic heterocycles. The fourth-order valence-electron chi connectivity index (χ4n) is 3.32. The van der Waals surface area contributed by atoms with Gasteiger partial charge in [0.05, 0.1) is 24.6 Å². The van der Waals surface area contributed by atoms with E-state index in [9.17, 15) is 0 Å². The van der Waals surface area contributed by atoms with Crippen LogP contribution in [0, 0.1) is 13.8 Å². The van der Waals surface area contributed by atoms with Gasteiger partial charge in [0.1, 0.15) is 5.82 Å². The SMILES string of the molecule is Cc1cc(Nc2ccccc2C)nc(Nc2ccccc2N2CCOCC2)n1. The van der Waals surface area contributed by atoms with E-state index in [1.165, 1.54) is 5.56 Å². The fraction of sp³-hybridized carbons (Fsp3) is 0.273. The van der Waals surface area contributed by atoms with Crippen LogP contribution in [0.2, 0.25) is 0 Å². The van der Waals surface area contributed by atoms with E-state index in [-0.39, 0.29) is 0 Å². The molecule has 0 radical (unpaired) electrons. The molecule has 0 aliphatic carbocycles. The first kappa shape index (κ1) is 18.3. The minimum Gasteiger partial charge on any atom is -0.378 e. The second-order valence-electron chi connectivity index (χ2n) is 6.90. The molecule has 2 aromatic carbocycles. The second-order valence-corrected chi connectivity index (χ2v) is 6.90. The van der Waals surface area contributed by atoms with E-state index >= 15 is 0 Å². The molecule has 0 unspecified atom stereocenters. The van der Waals surface area contributed by atoms with Crippen molar-refractivity contribution in [1.82, 2.24) is 9.97 Å². The van der Waals surface area contributed by atoms with Gasteiger partial charge in [0, 0.05) is 30.5 Å². The number of morpholine rings is 1. The Morgan fingerprint density at radius 1 is 0.857 bits per heavy atom. The van der Waals surface area contributed by atoms with Gasteiger partial charge < -0.3 is 20.3 Å². The van der Waals surface area contributed by atoms with Crippen molar-refractivity contribution in [3.05, 3.63) is 65.9 Å². The van der Waals surface area contributed by atoms with E-state index in [2.05, 4.69) is 56.7 Å². The van der Waals surface area contributed by atoms with Gasteiger partial charge in [-0.2, -0.15) is 4.98 Å². The number of benzene rings is 2. The van der Waals surface area contributed by atoms with Crippen molar-refractivity contribution in [1.29, 1.82) is 0 Å². The summed E-state index contributed by atoms with van der Waals surface area (Å²) in [7, 11) is 0. The molecule has 1 aromatic heterocycles. The molecule has 1 fully saturated rings. The number of nitrogens with zero attached hydrogens (tertiary/aromatic N) is 3. The summed E-state index contributed by atoms with van der Waals surface area (Å²) in [4.78, 5) is 11.6. The van der Waals surface area contributed by atoms with Gasteiger partial charge >= 0.3 is 0 Å². The number of ether oxygens (including phenoxy) is 1. The molecule has 28 heavy (non-hydrogen) atoms. The summed E-state index contributed by atoms with van der Waals surface area (Å²) in [6.45, 7) is 7.32. The van der Waals surface area contributed by atoms with E-state index in [0.29, 0.717) is 5.95 Å². The Hall–Kier alpha value is -3.12. The molecular weight excluding hydrogens is 350 g/mol. The molecule has 1 saturated heterocycles. The average Bonchev–Trinajstić information content (AvgIpc) is 2.70. The number of aromatic nitrogens is 2. The predicted molar refractivity (Wildman–Crippen MR) is 114 cm³/mol. The third-order valence-corrected chi connectivity index (χ3v) is 4.76. The molecule has 0 amide bonds. The molecule has 3 aromatic rings. The van der Waals surface area contributed by atoms with Crippen LogP contribution in [-0.2, 0) is 4.74 Å². The summed E-state index contributed by atoms with van der Waals surface area (Å²) in [6, 6.07) is 18.4. The molecule has 2 N–H and O–H groups in total. The first-order chi connectivity index (χ1) is 13.7. The standard InChI is InChI=1S/C22H25N5O/c1-16-7-3-4-8-18(16)24-21-15-17(2)23-22(26-21)25-19-9-5-6-10-20(19)27-11-13-28-14-12-27/h3-10,15H,11-14H2,1-2H3,(H2,23,24,25,26). The van der Waals surface area contributed by atoms with Gasteiger partial charge in [-0.15, -0.1) is 0 Å². The van der Waals surface area contributed by atoms with Crippen molar-refractivity contribution in [3.8, 4) is 0 Å². The van der Waals surface area contributed by atoms with Crippen LogP contribution in [-0.4, -0.2) is 36.3 Å². The molecule has 2 heterocycles. The van der Waals surface area contributed by atoms with Crippen molar-refractivity contribution >= 4 is 28.8 Å². The molecule has 0 saturated carbocycles. The summed E-state index contributed by atoms with van der Waals surface area (Å²) >= 11 is 0. The van der Waals surface area contributed by atoms with Crippen LogP contribution >= 0.6 is 0 Å². The number of aryl methyl sites for hydroxylation is 2. The average molecular weight is 375 g/mol. The highest BCUT2D eigenvalue weighted by atomic mass is 16.5. The number of hydrogen-bond donors (Lipinski definition) is 2. The van der Waals surface area contributed by atoms with E-state index in [1.807, 2.05) is 37.3 Å². The predicted octanol–water partition coefficient (Wildman–Crippen LogP) is 4.42. The number of anilines is 5. The van der Waals surface area contributed by atoms with Crippen LogP contribution in [0.4, 0.5) is 28.8 Å². The first-order valence-corrected chi connectivity index (χ1v) is 9.56. The number of rotatable bonds is 5. The highest BCUT2D eigenvalue weighted by Crippen LogP contribution is 2.29. The number of para-hydroxylation sites is 3. The van der Waals surface area contributed by atoms with Crippen molar-refractivity contribution in [2.75, 3.05) is 41.8 Å². The van der Waals surface area contributed by atoms with Gasteiger partial charge in [-0.3, -0.25) is 0 Å². The minimum absolute atomic E-state index is 0.580. The van der Waals surface area contributed by atoms with Gasteiger partial charge in [0.2, 0.25) is 5.95 Å². The van der Waals surface area contributed by atoms with Crippen LogP contribution in [0.5, 0.6) is 0 Å². The Morgan fingerprint density at radius 2 is 1.57 bits per heavy atom. The second kappa shape index (κ2) is 8.27. The lowest BCUT2D eigenvalue weighted by molar-refractivity contribution is 0.123. The van der Waals surface area contributed by atoms with Crippen molar-refractivity contribution in [2.24, 2.45) is 0 Å². The molecule has 0 bridgehead atoms. The highest BCUT2D eigenvalue weighted by molar-refractivity contribution is 5.74.